The van der Waals surface area contributed by atoms with Gasteiger partial charge >= 0.3 is 5.97 Å². The molecule has 0 unspecified atom stereocenters. The smallest absolute Gasteiger partial charge is 0.308 e. The van der Waals surface area contributed by atoms with Gasteiger partial charge in [-0.1, -0.05) is 6.42 Å². The first kappa shape index (κ1) is 8.53. The molecule has 0 atom stereocenters. The van der Waals surface area contributed by atoms with Gasteiger partial charge in [-0.25, -0.2) is 0 Å². The quantitative estimate of drug-likeness (QED) is 0.484. The SMILES string of the molecule is O=C(OCCCO)C1CCC1. The normalized spacial score (nSPS) is 17.5. The van der Waals surface area contributed by atoms with Gasteiger partial charge in [-0.15, -0.1) is 0 Å². The number of ether oxygens (including phenoxy) is 1. The summed E-state index contributed by atoms with van der Waals surface area (Å²) in [6, 6.07) is 0. The van der Waals surface area contributed by atoms with Crippen LogP contribution in [0.2, 0.25) is 0 Å². The molecule has 64 valence electrons. The molecule has 0 aromatic carbocycles. The minimum atomic E-state index is -0.0790. The van der Waals surface area contributed by atoms with Gasteiger partial charge in [0.1, 0.15) is 0 Å². The van der Waals surface area contributed by atoms with Crippen LogP contribution in [0.5, 0.6) is 0 Å². The maximum absolute atomic E-state index is 11.0. The van der Waals surface area contributed by atoms with Crippen LogP contribution in [0, 0.1) is 5.92 Å². The summed E-state index contributed by atoms with van der Waals surface area (Å²) in [4.78, 5) is 11.0. The Hall–Kier alpha value is -0.570. The summed E-state index contributed by atoms with van der Waals surface area (Å²) in [6.07, 6.45) is 3.67. The maximum atomic E-state index is 11.0. The molecule has 0 spiro atoms. The van der Waals surface area contributed by atoms with Crippen LogP contribution in [-0.4, -0.2) is 24.3 Å². The van der Waals surface area contributed by atoms with E-state index in [1.54, 1.807) is 0 Å². The highest BCUT2D eigenvalue weighted by Gasteiger charge is 2.26. The first-order valence-corrected chi connectivity index (χ1v) is 4.12. The highest BCUT2D eigenvalue weighted by atomic mass is 16.5. The average Bonchev–Trinajstić information content (AvgIpc) is 1.84. The molecule has 0 aliphatic heterocycles. The van der Waals surface area contributed by atoms with Gasteiger partial charge in [-0.05, 0) is 12.8 Å². The molecule has 11 heavy (non-hydrogen) atoms. The number of rotatable bonds is 4. The Bertz CT molecular complexity index is 129. The number of carbonyl (C=O) groups is 1. The lowest BCUT2D eigenvalue weighted by molar-refractivity contribution is -0.151. The number of aliphatic hydroxyl groups excluding tert-OH is 1. The number of hydrogen-bond acceptors (Lipinski definition) is 3. The summed E-state index contributed by atoms with van der Waals surface area (Å²) in [7, 11) is 0. The Morgan fingerprint density at radius 3 is 2.73 bits per heavy atom. The zero-order valence-electron chi connectivity index (χ0n) is 6.58. The number of esters is 1. The van der Waals surface area contributed by atoms with Crippen molar-refractivity contribution in [3.8, 4) is 0 Å². The summed E-state index contributed by atoms with van der Waals surface area (Å²) in [5, 5.41) is 8.40. The minimum absolute atomic E-state index is 0.0790. The molecule has 1 fully saturated rings. The van der Waals surface area contributed by atoms with E-state index >= 15 is 0 Å². The predicted molar refractivity (Wildman–Crippen MR) is 40.0 cm³/mol. The van der Waals surface area contributed by atoms with Crippen molar-refractivity contribution in [1.29, 1.82) is 0 Å². The Morgan fingerprint density at radius 1 is 1.55 bits per heavy atom. The van der Waals surface area contributed by atoms with Crippen LogP contribution in [0.1, 0.15) is 25.7 Å². The average molecular weight is 158 g/mol. The summed E-state index contributed by atoms with van der Waals surface area (Å²) in [5.74, 6) is 0.0818. The van der Waals surface area contributed by atoms with Gasteiger partial charge in [0.2, 0.25) is 0 Å². The van der Waals surface area contributed by atoms with Gasteiger partial charge < -0.3 is 9.84 Å². The fraction of sp³-hybridized carbons (Fsp3) is 0.875. The predicted octanol–water partition coefficient (Wildman–Crippen LogP) is 0.712. The molecule has 0 saturated heterocycles. The standard InChI is InChI=1S/C8H14O3/c9-5-2-6-11-8(10)7-3-1-4-7/h7,9H,1-6H2. The van der Waals surface area contributed by atoms with E-state index in [1.807, 2.05) is 0 Å². The molecular weight excluding hydrogens is 144 g/mol. The van der Waals surface area contributed by atoms with Crippen LogP contribution in [0.15, 0.2) is 0 Å². The van der Waals surface area contributed by atoms with Gasteiger partial charge in [0, 0.05) is 13.0 Å². The molecule has 1 aliphatic rings. The zero-order chi connectivity index (χ0) is 8.10. The van der Waals surface area contributed by atoms with Gasteiger partial charge in [-0.2, -0.15) is 0 Å². The summed E-state index contributed by atoms with van der Waals surface area (Å²) in [5.41, 5.74) is 0. The molecule has 0 aromatic heterocycles. The second-order valence-electron chi connectivity index (χ2n) is 2.87. The van der Waals surface area contributed by atoms with E-state index in [9.17, 15) is 4.79 Å². The third kappa shape index (κ3) is 2.50. The van der Waals surface area contributed by atoms with E-state index in [0.717, 1.165) is 19.3 Å². The second kappa shape index (κ2) is 4.34. The van der Waals surface area contributed by atoms with E-state index in [-0.39, 0.29) is 18.5 Å². The Kier molecular flexibility index (Phi) is 3.36. The molecule has 1 N–H and O–H groups in total. The Labute approximate surface area is 66.4 Å². The number of carbonyl (C=O) groups excluding carboxylic acids is 1. The number of aliphatic hydroxyl groups is 1. The van der Waals surface area contributed by atoms with E-state index in [4.69, 9.17) is 9.84 Å². The van der Waals surface area contributed by atoms with Crippen molar-refractivity contribution in [3.05, 3.63) is 0 Å². The van der Waals surface area contributed by atoms with Crippen molar-refractivity contribution in [2.24, 2.45) is 5.92 Å². The molecule has 0 bridgehead atoms. The molecule has 1 rings (SSSR count). The van der Waals surface area contributed by atoms with Crippen LogP contribution in [0.25, 0.3) is 0 Å². The molecule has 0 radical (unpaired) electrons. The van der Waals surface area contributed by atoms with Crippen LogP contribution in [0.4, 0.5) is 0 Å². The molecule has 1 aliphatic carbocycles. The monoisotopic (exact) mass is 158 g/mol. The van der Waals surface area contributed by atoms with Gasteiger partial charge in [0.05, 0.1) is 12.5 Å². The van der Waals surface area contributed by atoms with Gasteiger partial charge in [0.25, 0.3) is 0 Å². The van der Waals surface area contributed by atoms with E-state index < -0.39 is 0 Å². The molecule has 1 saturated carbocycles. The van der Waals surface area contributed by atoms with Crippen LogP contribution >= 0.6 is 0 Å². The molecular formula is C8H14O3. The fourth-order valence-corrected chi connectivity index (χ4v) is 0.999. The summed E-state index contributed by atoms with van der Waals surface area (Å²) < 4.78 is 4.89. The molecule has 3 nitrogen and oxygen atoms in total. The van der Waals surface area contributed by atoms with Crippen LogP contribution in [-0.2, 0) is 9.53 Å². The van der Waals surface area contributed by atoms with Crippen molar-refractivity contribution in [3.63, 3.8) is 0 Å². The highest BCUT2D eigenvalue weighted by Crippen LogP contribution is 2.27. The lowest BCUT2D eigenvalue weighted by Gasteiger charge is -2.22. The summed E-state index contributed by atoms with van der Waals surface area (Å²) in [6.45, 7) is 0.462. The number of hydrogen-bond donors (Lipinski definition) is 1. The van der Waals surface area contributed by atoms with Gasteiger partial charge in [-0.3, -0.25) is 4.79 Å². The molecule has 0 amide bonds. The molecule has 3 heteroatoms. The fourth-order valence-electron chi connectivity index (χ4n) is 0.999. The van der Waals surface area contributed by atoms with Crippen molar-refractivity contribution in [2.45, 2.75) is 25.7 Å². The largest absolute Gasteiger partial charge is 0.465 e. The van der Waals surface area contributed by atoms with Crippen molar-refractivity contribution in [2.75, 3.05) is 13.2 Å². The second-order valence-corrected chi connectivity index (χ2v) is 2.87. The summed E-state index contributed by atoms with van der Waals surface area (Å²) >= 11 is 0. The van der Waals surface area contributed by atoms with Gasteiger partial charge in [0.15, 0.2) is 0 Å². The third-order valence-corrected chi connectivity index (χ3v) is 1.99. The van der Waals surface area contributed by atoms with E-state index in [2.05, 4.69) is 0 Å². The molecule has 0 heterocycles. The topological polar surface area (TPSA) is 46.5 Å². The van der Waals surface area contributed by atoms with Crippen molar-refractivity contribution < 1.29 is 14.6 Å². The highest BCUT2D eigenvalue weighted by molar-refractivity contribution is 5.73. The first-order valence-electron chi connectivity index (χ1n) is 4.12. The first-order chi connectivity index (χ1) is 5.34. The Balaban J connectivity index is 2.01. The Morgan fingerprint density at radius 2 is 2.27 bits per heavy atom. The van der Waals surface area contributed by atoms with E-state index in [0.29, 0.717) is 13.0 Å². The third-order valence-electron chi connectivity index (χ3n) is 1.99. The van der Waals surface area contributed by atoms with Crippen LogP contribution < -0.4 is 0 Å². The lowest BCUT2D eigenvalue weighted by atomic mass is 9.86. The lowest BCUT2D eigenvalue weighted by Crippen LogP contribution is -2.24. The maximum Gasteiger partial charge on any atom is 0.308 e. The zero-order valence-corrected chi connectivity index (χ0v) is 6.58. The minimum Gasteiger partial charge on any atom is -0.465 e. The van der Waals surface area contributed by atoms with Crippen molar-refractivity contribution >= 4 is 5.97 Å². The van der Waals surface area contributed by atoms with Crippen molar-refractivity contribution in [1.82, 2.24) is 0 Å². The molecule has 0 aromatic rings. The van der Waals surface area contributed by atoms with Crippen LogP contribution in [0.3, 0.4) is 0 Å². The van der Waals surface area contributed by atoms with E-state index in [1.165, 1.54) is 0 Å².